The Kier molecular flexibility index (Phi) is 6.25. The molecule has 0 radical (unpaired) electrons. The van der Waals surface area contributed by atoms with Gasteiger partial charge in [-0.05, 0) is 24.7 Å². The number of hydrogen-bond donors (Lipinski definition) is 2. The van der Waals surface area contributed by atoms with E-state index in [0.717, 1.165) is 19.6 Å². The Hall–Kier alpha value is -1.52. The van der Waals surface area contributed by atoms with Crippen molar-refractivity contribution in [2.75, 3.05) is 57.8 Å². The van der Waals surface area contributed by atoms with Gasteiger partial charge in [0.15, 0.2) is 0 Å². The fraction of sp³-hybridized carbons (Fsp3) is 0.588. The molecule has 8 nitrogen and oxygen atoms in total. The van der Waals surface area contributed by atoms with Gasteiger partial charge >= 0.3 is 0 Å². The van der Waals surface area contributed by atoms with Crippen LogP contribution in [0.5, 0.6) is 0 Å². The van der Waals surface area contributed by atoms with Crippen molar-refractivity contribution in [3.63, 3.8) is 0 Å². The SMILES string of the molecule is CCN1CCN(S(=O)(=O)c2cccc(NC(=O)C3COCCN3)c2)CC1. The zero-order valence-electron chi connectivity index (χ0n) is 15.0. The molecule has 26 heavy (non-hydrogen) atoms. The van der Waals surface area contributed by atoms with Gasteiger partial charge in [0.2, 0.25) is 15.9 Å². The minimum Gasteiger partial charge on any atom is -0.378 e. The minimum atomic E-state index is -3.56. The largest absolute Gasteiger partial charge is 0.378 e. The number of nitrogens with zero attached hydrogens (tertiary/aromatic N) is 2. The summed E-state index contributed by atoms with van der Waals surface area (Å²) in [5.41, 5.74) is 0.468. The monoisotopic (exact) mass is 382 g/mol. The Morgan fingerprint density at radius 3 is 2.73 bits per heavy atom. The van der Waals surface area contributed by atoms with Crippen molar-refractivity contribution in [3.8, 4) is 0 Å². The molecule has 1 aromatic carbocycles. The van der Waals surface area contributed by atoms with Gasteiger partial charge in [0.1, 0.15) is 6.04 Å². The van der Waals surface area contributed by atoms with Crippen LogP contribution in [0.25, 0.3) is 0 Å². The van der Waals surface area contributed by atoms with Gasteiger partial charge < -0.3 is 20.3 Å². The topological polar surface area (TPSA) is 91.0 Å². The number of rotatable bonds is 5. The van der Waals surface area contributed by atoms with Crippen LogP contribution in [0, 0.1) is 0 Å². The molecule has 9 heteroatoms. The average molecular weight is 382 g/mol. The van der Waals surface area contributed by atoms with Gasteiger partial charge in [-0.15, -0.1) is 0 Å². The maximum atomic E-state index is 12.9. The highest BCUT2D eigenvalue weighted by Crippen LogP contribution is 2.21. The number of carbonyl (C=O) groups is 1. The van der Waals surface area contributed by atoms with Crippen LogP contribution in [0.2, 0.25) is 0 Å². The lowest BCUT2D eigenvalue weighted by molar-refractivity contribution is -0.120. The number of likely N-dealkylation sites (N-methyl/N-ethyl adjacent to an activating group) is 1. The van der Waals surface area contributed by atoms with Gasteiger partial charge in [-0.25, -0.2) is 8.42 Å². The summed E-state index contributed by atoms with van der Waals surface area (Å²) >= 11 is 0. The first-order valence-corrected chi connectivity index (χ1v) is 10.4. The van der Waals surface area contributed by atoms with E-state index in [-0.39, 0.29) is 10.8 Å². The fourth-order valence-corrected chi connectivity index (χ4v) is 4.60. The van der Waals surface area contributed by atoms with Crippen LogP contribution in [-0.2, 0) is 19.6 Å². The lowest BCUT2D eigenvalue weighted by atomic mass is 10.2. The standard InChI is InChI=1S/C17H26N4O4S/c1-2-20-7-9-21(10-8-20)26(23,24)15-5-3-4-14(12-15)19-17(22)16-13-25-11-6-18-16/h3-5,12,16,18H,2,6-11,13H2,1H3,(H,19,22). The molecule has 1 atom stereocenters. The average Bonchev–Trinajstić information content (AvgIpc) is 2.69. The molecule has 2 saturated heterocycles. The summed E-state index contributed by atoms with van der Waals surface area (Å²) in [6.45, 7) is 6.95. The molecule has 2 aliphatic heterocycles. The van der Waals surface area contributed by atoms with Crippen molar-refractivity contribution in [2.45, 2.75) is 17.9 Å². The summed E-state index contributed by atoms with van der Waals surface area (Å²) in [5.74, 6) is -0.226. The third-order valence-electron chi connectivity index (χ3n) is 4.76. The number of nitrogens with one attached hydrogen (secondary N) is 2. The van der Waals surface area contributed by atoms with E-state index in [1.54, 1.807) is 18.2 Å². The zero-order chi connectivity index (χ0) is 18.6. The highest BCUT2D eigenvalue weighted by atomic mass is 32.2. The van der Waals surface area contributed by atoms with Crippen molar-refractivity contribution in [2.24, 2.45) is 0 Å². The first-order valence-electron chi connectivity index (χ1n) is 8.95. The van der Waals surface area contributed by atoms with E-state index in [2.05, 4.69) is 22.5 Å². The van der Waals surface area contributed by atoms with E-state index in [1.807, 2.05) is 0 Å². The summed E-state index contributed by atoms with van der Waals surface area (Å²) in [7, 11) is -3.56. The molecule has 144 valence electrons. The van der Waals surface area contributed by atoms with E-state index in [1.165, 1.54) is 10.4 Å². The van der Waals surface area contributed by atoms with E-state index in [0.29, 0.717) is 38.5 Å². The number of hydrogen-bond acceptors (Lipinski definition) is 6. The Morgan fingerprint density at radius 2 is 2.08 bits per heavy atom. The number of benzene rings is 1. The van der Waals surface area contributed by atoms with Crippen LogP contribution in [-0.4, -0.2) is 82.1 Å². The molecular formula is C17H26N4O4S. The lowest BCUT2D eigenvalue weighted by Gasteiger charge is -2.33. The van der Waals surface area contributed by atoms with Gasteiger partial charge in [0.25, 0.3) is 0 Å². The van der Waals surface area contributed by atoms with Crippen LogP contribution < -0.4 is 10.6 Å². The third kappa shape index (κ3) is 4.41. The molecule has 0 bridgehead atoms. The predicted octanol–water partition coefficient (Wildman–Crippen LogP) is -0.0603. The van der Waals surface area contributed by atoms with Gasteiger partial charge in [-0.2, -0.15) is 4.31 Å². The first kappa shape index (κ1) is 19.2. The molecular weight excluding hydrogens is 356 g/mol. The van der Waals surface area contributed by atoms with E-state index in [4.69, 9.17) is 4.74 Å². The molecule has 3 rings (SSSR count). The quantitative estimate of drug-likeness (QED) is 0.742. The molecule has 0 aliphatic carbocycles. The van der Waals surface area contributed by atoms with Crippen molar-refractivity contribution < 1.29 is 17.9 Å². The van der Waals surface area contributed by atoms with E-state index < -0.39 is 16.1 Å². The number of anilines is 1. The molecule has 0 spiro atoms. The van der Waals surface area contributed by atoms with Crippen molar-refractivity contribution in [1.29, 1.82) is 0 Å². The number of piperazine rings is 1. The minimum absolute atomic E-state index is 0.202. The summed E-state index contributed by atoms with van der Waals surface area (Å²) in [6, 6.07) is 6.00. The van der Waals surface area contributed by atoms with Crippen molar-refractivity contribution >= 4 is 21.6 Å². The summed E-state index contributed by atoms with van der Waals surface area (Å²) in [4.78, 5) is 14.7. The van der Waals surface area contributed by atoms with Crippen LogP contribution in [0.1, 0.15) is 6.92 Å². The number of ether oxygens (including phenoxy) is 1. The molecule has 0 aromatic heterocycles. The summed E-state index contributed by atoms with van der Waals surface area (Å²) in [6.07, 6.45) is 0. The second kappa shape index (κ2) is 8.45. The Bertz CT molecular complexity index is 726. The van der Waals surface area contributed by atoms with Gasteiger partial charge in [0, 0.05) is 38.4 Å². The molecule has 1 aromatic rings. The van der Waals surface area contributed by atoms with Gasteiger partial charge in [-0.1, -0.05) is 13.0 Å². The Balaban J connectivity index is 1.69. The number of sulfonamides is 1. The van der Waals surface area contributed by atoms with Gasteiger partial charge in [-0.3, -0.25) is 4.79 Å². The second-order valence-corrected chi connectivity index (χ2v) is 8.37. The molecule has 2 heterocycles. The number of amides is 1. The van der Waals surface area contributed by atoms with Crippen molar-refractivity contribution in [1.82, 2.24) is 14.5 Å². The van der Waals surface area contributed by atoms with Gasteiger partial charge in [0.05, 0.1) is 18.1 Å². The first-order chi connectivity index (χ1) is 12.5. The highest BCUT2D eigenvalue weighted by Gasteiger charge is 2.28. The smallest absolute Gasteiger partial charge is 0.243 e. The summed E-state index contributed by atoms with van der Waals surface area (Å²) < 4.78 is 32.6. The Labute approximate surface area is 154 Å². The molecule has 2 N–H and O–H groups in total. The third-order valence-corrected chi connectivity index (χ3v) is 6.65. The fourth-order valence-electron chi connectivity index (χ4n) is 3.13. The van der Waals surface area contributed by atoms with Crippen molar-refractivity contribution in [3.05, 3.63) is 24.3 Å². The van der Waals surface area contributed by atoms with Crippen LogP contribution in [0.15, 0.2) is 29.2 Å². The van der Waals surface area contributed by atoms with E-state index >= 15 is 0 Å². The normalized spacial score (nSPS) is 22.9. The highest BCUT2D eigenvalue weighted by molar-refractivity contribution is 7.89. The Morgan fingerprint density at radius 1 is 1.31 bits per heavy atom. The molecule has 2 fully saturated rings. The zero-order valence-corrected chi connectivity index (χ0v) is 15.8. The number of morpholine rings is 1. The van der Waals surface area contributed by atoms with E-state index in [9.17, 15) is 13.2 Å². The van der Waals surface area contributed by atoms with Crippen LogP contribution in [0.3, 0.4) is 0 Å². The maximum Gasteiger partial charge on any atom is 0.243 e. The van der Waals surface area contributed by atoms with Crippen LogP contribution >= 0.6 is 0 Å². The molecule has 0 saturated carbocycles. The molecule has 1 unspecified atom stereocenters. The molecule has 1 amide bonds. The maximum absolute atomic E-state index is 12.9. The number of carbonyl (C=O) groups excluding carboxylic acids is 1. The van der Waals surface area contributed by atoms with Crippen LogP contribution in [0.4, 0.5) is 5.69 Å². The lowest BCUT2D eigenvalue weighted by Crippen LogP contribution is -2.49. The second-order valence-electron chi connectivity index (χ2n) is 6.44. The predicted molar refractivity (Wildman–Crippen MR) is 98.6 cm³/mol. The summed E-state index contributed by atoms with van der Waals surface area (Å²) in [5, 5.41) is 5.85. The molecule has 2 aliphatic rings.